The first-order valence-electron chi connectivity index (χ1n) is 9.75. The topological polar surface area (TPSA) is 61.8 Å². The third kappa shape index (κ3) is 7.02. The first kappa shape index (κ1) is 23.2. The Bertz CT molecular complexity index is 787. The van der Waals surface area contributed by atoms with E-state index in [1.807, 2.05) is 36.1 Å². The summed E-state index contributed by atoms with van der Waals surface area (Å²) in [4.78, 5) is 10.7. The van der Waals surface area contributed by atoms with Crippen molar-refractivity contribution in [3.8, 4) is 5.75 Å². The number of anilines is 1. The highest BCUT2D eigenvalue weighted by atomic mass is 127. The van der Waals surface area contributed by atoms with Gasteiger partial charge in [-0.15, -0.1) is 24.0 Å². The molecule has 0 saturated carbocycles. The lowest BCUT2D eigenvalue weighted by Crippen LogP contribution is -2.45. The van der Waals surface area contributed by atoms with Crippen molar-refractivity contribution in [1.82, 2.24) is 15.6 Å². The standard InChI is InChI=1S/C21H28FN5O.HI/c1-3-23-21(25-12-14-28-18-8-6-16(2)7-9-18)26-17-10-13-27(15-17)20-19(22)5-4-11-24-20;/h4-9,11,17H,3,10,12-15H2,1-2H3,(H2,23,25,26);1H. The first-order chi connectivity index (χ1) is 13.7. The van der Waals surface area contributed by atoms with Crippen LogP contribution in [0.5, 0.6) is 5.75 Å². The Hall–Kier alpha value is -2.10. The van der Waals surface area contributed by atoms with Crippen LogP contribution in [-0.2, 0) is 0 Å². The number of hydrogen-bond donors (Lipinski definition) is 2. The fraction of sp³-hybridized carbons (Fsp3) is 0.429. The second-order valence-corrected chi connectivity index (χ2v) is 6.81. The minimum Gasteiger partial charge on any atom is -0.492 e. The lowest BCUT2D eigenvalue weighted by atomic mass is 10.2. The summed E-state index contributed by atoms with van der Waals surface area (Å²) in [5.41, 5.74) is 1.21. The van der Waals surface area contributed by atoms with Crippen molar-refractivity contribution >= 4 is 35.8 Å². The van der Waals surface area contributed by atoms with Crippen molar-refractivity contribution in [1.29, 1.82) is 0 Å². The van der Waals surface area contributed by atoms with Crippen LogP contribution in [0.1, 0.15) is 18.9 Å². The van der Waals surface area contributed by atoms with Crippen LogP contribution < -0.4 is 20.3 Å². The molecule has 1 aliphatic rings. The van der Waals surface area contributed by atoms with Crippen LogP contribution >= 0.6 is 24.0 Å². The van der Waals surface area contributed by atoms with E-state index >= 15 is 0 Å². The van der Waals surface area contributed by atoms with Gasteiger partial charge in [0, 0.05) is 31.9 Å². The summed E-state index contributed by atoms with van der Waals surface area (Å²) in [6.07, 6.45) is 2.53. The average Bonchev–Trinajstić information content (AvgIpc) is 3.15. The van der Waals surface area contributed by atoms with Crippen molar-refractivity contribution in [2.24, 2.45) is 4.99 Å². The molecule has 1 fully saturated rings. The van der Waals surface area contributed by atoms with Crippen molar-refractivity contribution in [3.05, 3.63) is 54.0 Å². The number of aromatic nitrogens is 1. The number of aliphatic imine (C=N–C) groups is 1. The maximum absolute atomic E-state index is 13.9. The van der Waals surface area contributed by atoms with E-state index in [2.05, 4.69) is 27.5 Å². The van der Waals surface area contributed by atoms with E-state index in [9.17, 15) is 4.39 Å². The first-order valence-corrected chi connectivity index (χ1v) is 9.75. The number of rotatable bonds is 7. The Morgan fingerprint density at radius 2 is 2.10 bits per heavy atom. The smallest absolute Gasteiger partial charge is 0.191 e. The zero-order chi connectivity index (χ0) is 19.8. The molecular formula is C21H29FIN5O. The van der Waals surface area contributed by atoms with Gasteiger partial charge in [-0.05, 0) is 44.5 Å². The molecule has 158 valence electrons. The van der Waals surface area contributed by atoms with Crippen molar-refractivity contribution < 1.29 is 9.13 Å². The minimum atomic E-state index is -0.281. The van der Waals surface area contributed by atoms with Crippen LogP contribution in [0.4, 0.5) is 10.2 Å². The van der Waals surface area contributed by atoms with Crippen LogP contribution in [0, 0.1) is 12.7 Å². The van der Waals surface area contributed by atoms with E-state index in [4.69, 9.17) is 4.74 Å². The van der Waals surface area contributed by atoms with Crippen molar-refractivity contribution in [2.75, 3.05) is 37.7 Å². The minimum absolute atomic E-state index is 0. The van der Waals surface area contributed by atoms with Crippen molar-refractivity contribution in [3.63, 3.8) is 0 Å². The van der Waals surface area contributed by atoms with Gasteiger partial charge >= 0.3 is 0 Å². The SMILES string of the molecule is CCNC(=NCCOc1ccc(C)cc1)NC1CCN(c2ncccc2F)C1.I. The number of nitrogens with one attached hydrogen (secondary N) is 2. The van der Waals surface area contributed by atoms with Gasteiger partial charge in [-0.25, -0.2) is 14.4 Å². The number of aryl methyl sites for hydroxylation is 1. The van der Waals surface area contributed by atoms with E-state index in [1.165, 1.54) is 11.6 Å². The molecule has 0 bridgehead atoms. The van der Waals surface area contributed by atoms with Gasteiger partial charge in [-0.2, -0.15) is 0 Å². The molecule has 0 amide bonds. The number of benzene rings is 1. The fourth-order valence-corrected chi connectivity index (χ4v) is 3.15. The Morgan fingerprint density at radius 3 is 2.83 bits per heavy atom. The quantitative estimate of drug-likeness (QED) is 0.258. The summed E-state index contributed by atoms with van der Waals surface area (Å²) < 4.78 is 19.7. The Balaban J connectivity index is 0.00000300. The van der Waals surface area contributed by atoms with Gasteiger partial charge in [0.1, 0.15) is 12.4 Å². The summed E-state index contributed by atoms with van der Waals surface area (Å²) in [5.74, 6) is 1.74. The van der Waals surface area contributed by atoms with Gasteiger partial charge in [0.2, 0.25) is 0 Å². The monoisotopic (exact) mass is 513 g/mol. The zero-order valence-electron chi connectivity index (χ0n) is 16.9. The van der Waals surface area contributed by atoms with Crippen molar-refractivity contribution in [2.45, 2.75) is 26.3 Å². The van der Waals surface area contributed by atoms with E-state index in [0.717, 1.165) is 31.2 Å². The number of pyridine rings is 1. The highest BCUT2D eigenvalue weighted by molar-refractivity contribution is 14.0. The van der Waals surface area contributed by atoms with E-state index in [1.54, 1.807) is 12.3 Å². The van der Waals surface area contributed by atoms with Gasteiger partial charge in [0.15, 0.2) is 17.6 Å². The van der Waals surface area contributed by atoms with Crippen LogP contribution in [-0.4, -0.2) is 49.8 Å². The number of nitrogens with zero attached hydrogens (tertiary/aromatic N) is 3. The molecule has 3 rings (SSSR count). The molecule has 8 heteroatoms. The molecule has 29 heavy (non-hydrogen) atoms. The number of hydrogen-bond acceptors (Lipinski definition) is 4. The molecule has 1 aromatic heterocycles. The van der Waals surface area contributed by atoms with Gasteiger partial charge in [-0.3, -0.25) is 0 Å². The summed E-state index contributed by atoms with van der Waals surface area (Å²) in [7, 11) is 0. The van der Waals surface area contributed by atoms with E-state index < -0.39 is 0 Å². The van der Waals surface area contributed by atoms with Crippen LogP contribution in [0.25, 0.3) is 0 Å². The summed E-state index contributed by atoms with van der Waals surface area (Å²) in [6.45, 7) is 7.37. The number of guanidine groups is 1. The number of ether oxygens (including phenoxy) is 1. The molecule has 1 saturated heterocycles. The molecular weight excluding hydrogens is 484 g/mol. The normalized spacial score (nSPS) is 16.3. The summed E-state index contributed by atoms with van der Waals surface area (Å²) in [5, 5.41) is 6.69. The van der Waals surface area contributed by atoms with Gasteiger partial charge in [0.05, 0.1) is 6.54 Å². The maximum Gasteiger partial charge on any atom is 0.191 e. The molecule has 1 aromatic carbocycles. The molecule has 2 heterocycles. The maximum atomic E-state index is 13.9. The van der Waals surface area contributed by atoms with Gasteiger partial charge in [0.25, 0.3) is 0 Å². The summed E-state index contributed by atoms with van der Waals surface area (Å²) >= 11 is 0. The lowest BCUT2D eigenvalue weighted by molar-refractivity contribution is 0.328. The largest absolute Gasteiger partial charge is 0.492 e. The predicted octanol–water partition coefficient (Wildman–Crippen LogP) is 3.36. The third-order valence-corrected chi connectivity index (χ3v) is 4.56. The molecule has 0 spiro atoms. The van der Waals surface area contributed by atoms with E-state index in [0.29, 0.717) is 25.5 Å². The van der Waals surface area contributed by atoms with E-state index in [-0.39, 0.29) is 35.8 Å². The van der Waals surface area contributed by atoms with Gasteiger partial charge in [-0.1, -0.05) is 17.7 Å². The van der Waals surface area contributed by atoms with Crippen LogP contribution in [0.3, 0.4) is 0 Å². The summed E-state index contributed by atoms with van der Waals surface area (Å²) in [6, 6.07) is 11.2. The highest BCUT2D eigenvalue weighted by Crippen LogP contribution is 2.20. The highest BCUT2D eigenvalue weighted by Gasteiger charge is 2.25. The Morgan fingerprint density at radius 1 is 1.31 bits per heavy atom. The molecule has 2 aromatic rings. The average molecular weight is 513 g/mol. The lowest BCUT2D eigenvalue weighted by Gasteiger charge is -2.20. The van der Waals surface area contributed by atoms with Gasteiger partial charge < -0.3 is 20.3 Å². The molecule has 2 N–H and O–H groups in total. The second kappa shape index (κ2) is 11.8. The Kier molecular flexibility index (Phi) is 9.43. The second-order valence-electron chi connectivity index (χ2n) is 6.81. The molecule has 0 aliphatic carbocycles. The molecule has 1 aliphatic heterocycles. The fourth-order valence-electron chi connectivity index (χ4n) is 3.15. The Labute approximate surface area is 189 Å². The molecule has 1 unspecified atom stereocenters. The number of halogens is 2. The molecule has 0 radical (unpaired) electrons. The zero-order valence-corrected chi connectivity index (χ0v) is 19.2. The molecule has 1 atom stereocenters. The van der Waals surface area contributed by atoms with Crippen LogP contribution in [0.15, 0.2) is 47.6 Å². The third-order valence-electron chi connectivity index (χ3n) is 4.56. The molecule has 6 nitrogen and oxygen atoms in total. The van der Waals surface area contributed by atoms with Crippen LogP contribution in [0.2, 0.25) is 0 Å². The predicted molar refractivity (Wildman–Crippen MR) is 126 cm³/mol.